The van der Waals surface area contributed by atoms with E-state index in [1.165, 1.54) is 68.8 Å². The Balaban J connectivity index is 0.000000171. The van der Waals surface area contributed by atoms with Crippen LogP contribution in [0.15, 0.2) is 249 Å². The molecule has 13 aromatic rings. The molecule has 0 aliphatic rings. The van der Waals surface area contributed by atoms with Crippen LogP contribution in [-0.4, -0.2) is 82.4 Å². The van der Waals surface area contributed by atoms with Gasteiger partial charge in [-0.3, -0.25) is 9.59 Å². The van der Waals surface area contributed by atoms with E-state index in [1.54, 1.807) is 104 Å². The van der Waals surface area contributed by atoms with Crippen molar-refractivity contribution < 1.29 is 109 Å². The number of carbonyl (C=O) groups excluding carboxylic acids is 3. The molecule has 117 heavy (non-hydrogen) atoms. The van der Waals surface area contributed by atoms with E-state index in [0.29, 0.717) is 93.1 Å². The third-order valence-electron chi connectivity index (χ3n) is 15.9. The first kappa shape index (κ1) is 87.4. The number of nitrogens with zero attached hydrogens (tertiary/aromatic N) is 8. The summed E-state index contributed by atoms with van der Waals surface area (Å²) in [6.07, 6.45) is -17.3. The second kappa shape index (κ2) is 40.9. The lowest BCUT2D eigenvalue weighted by atomic mass is 10.1. The quantitative estimate of drug-likeness (QED) is 0.0142. The van der Waals surface area contributed by atoms with E-state index in [1.807, 2.05) is 37.3 Å². The predicted molar refractivity (Wildman–Crippen MR) is 402 cm³/mol. The summed E-state index contributed by atoms with van der Waals surface area (Å²) >= 11 is 0. The molecule has 13 rings (SSSR count). The number of carbonyl (C=O) groups is 3. The van der Waals surface area contributed by atoms with Crippen LogP contribution in [0.3, 0.4) is 0 Å². The van der Waals surface area contributed by atoms with Crippen molar-refractivity contribution in [1.82, 2.24) is 40.8 Å². The summed E-state index contributed by atoms with van der Waals surface area (Å²) in [7, 11) is 0. The first-order valence-electron chi connectivity index (χ1n) is 35.0. The molecule has 0 saturated heterocycles. The van der Waals surface area contributed by atoms with Crippen molar-refractivity contribution in [3.05, 3.63) is 276 Å². The zero-order valence-electron chi connectivity index (χ0n) is 61.9. The number of esters is 2. The first-order chi connectivity index (χ1) is 55.9. The summed E-state index contributed by atoms with van der Waals surface area (Å²) in [5.41, 5.74) is 4.73. The van der Waals surface area contributed by atoms with Gasteiger partial charge in [-0.05, 0) is 164 Å². The molecule has 3 unspecified atom stereocenters. The second-order valence-corrected chi connectivity index (χ2v) is 24.4. The van der Waals surface area contributed by atoms with Crippen molar-refractivity contribution in [2.45, 2.75) is 90.2 Å². The Morgan fingerprint density at radius 3 is 1.03 bits per heavy atom. The summed E-state index contributed by atoms with van der Waals surface area (Å²) in [6.45, 7) is 6.24. The summed E-state index contributed by atoms with van der Waals surface area (Å²) in [5.74, 6) is -0.0520. The lowest BCUT2D eigenvalue weighted by Crippen LogP contribution is -2.12. The van der Waals surface area contributed by atoms with Gasteiger partial charge in [-0.25, -0.2) is 0 Å². The van der Waals surface area contributed by atoms with Crippen molar-refractivity contribution >= 4 is 63.7 Å². The summed E-state index contributed by atoms with van der Waals surface area (Å²) < 4.78 is 189. The summed E-state index contributed by atoms with van der Waals surface area (Å²) in [6, 6.07) is 56.5. The Bertz CT molecular complexity index is 5110. The van der Waals surface area contributed by atoms with Gasteiger partial charge in [0.15, 0.2) is 6.10 Å². The van der Waals surface area contributed by atoms with Crippen molar-refractivity contribution in [3.8, 4) is 45.8 Å². The molecular formula is C81H70F12N12O12. The fourth-order valence-corrected chi connectivity index (χ4v) is 10.3. The van der Waals surface area contributed by atoms with Crippen LogP contribution in [0.5, 0.6) is 0 Å². The highest BCUT2D eigenvalue weighted by atomic mass is 19.4. The maximum Gasteiger partial charge on any atom is 0.416 e. The number of aldehydes is 1. The van der Waals surface area contributed by atoms with Crippen molar-refractivity contribution in [1.29, 1.82) is 0 Å². The van der Waals surface area contributed by atoms with E-state index in [4.69, 9.17) is 31.9 Å². The Hall–Kier alpha value is -13.6. The lowest BCUT2D eigenvalue weighted by molar-refractivity contribution is -0.150. The molecule has 0 aliphatic carbocycles. The highest BCUT2D eigenvalue weighted by molar-refractivity contribution is 5.80. The minimum Gasteiger partial charge on any atom is -0.452 e. The number of aliphatic hydroxyl groups excluding tert-OH is 2. The van der Waals surface area contributed by atoms with E-state index < -0.39 is 83.8 Å². The number of hydrogen-bond acceptors (Lipinski definition) is 24. The van der Waals surface area contributed by atoms with E-state index in [2.05, 4.69) is 62.1 Å². The minimum absolute atomic E-state index is 0.0815. The smallest absolute Gasteiger partial charge is 0.416 e. The third-order valence-corrected chi connectivity index (χ3v) is 15.9. The molecule has 0 amide bonds. The van der Waals surface area contributed by atoms with Crippen molar-refractivity contribution in [3.63, 3.8) is 0 Å². The highest BCUT2D eigenvalue weighted by Gasteiger charge is 2.34. The molecule has 0 radical (unpaired) electrons. The number of hydrogen-bond donors (Lipinski definition) is 6. The monoisotopic (exact) mass is 1630 g/mol. The number of halogens is 12. The molecule has 4 aromatic heterocycles. The predicted octanol–water partition coefficient (Wildman–Crippen LogP) is 20.5. The van der Waals surface area contributed by atoms with Crippen LogP contribution in [0.1, 0.15) is 104 Å². The number of ether oxygens (including phenoxy) is 3. The molecule has 0 spiro atoms. The van der Waals surface area contributed by atoms with E-state index in [-0.39, 0.29) is 42.0 Å². The number of aliphatic hydroxyl groups is 2. The average Bonchev–Trinajstić information content (AvgIpc) is 1.75. The number of alkyl halides is 12. The van der Waals surface area contributed by atoms with Gasteiger partial charge in [-0.15, -0.1) is 40.8 Å². The van der Waals surface area contributed by atoms with Crippen molar-refractivity contribution in [2.75, 3.05) is 34.5 Å². The third kappa shape index (κ3) is 26.0. The molecule has 610 valence electrons. The van der Waals surface area contributed by atoms with Crippen LogP contribution in [0.4, 0.5) is 98.2 Å². The number of benzene rings is 9. The van der Waals surface area contributed by atoms with E-state index >= 15 is 0 Å². The fraction of sp³-hybridized carbons (Fsp3) is 0.198. The molecular weight excluding hydrogens is 1560 g/mol. The van der Waals surface area contributed by atoms with Crippen LogP contribution < -0.4 is 21.3 Å². The van der Waals surface area contributed by atoms with Crippen LogP contribution in [-0.2, 0) is 59.9 Å². The zero-order chi connectivity index (χ0) is 84.3. The second-order valence-electron chi connectivity index (χ2n) is 24.4. The van der Waals surface area contributed by atoms with Gasteiger partial charge in [0, 0.05) is 36.6 Å². The Kier molecular flexibility index (Phi) is 30.5. The average molecular weight is 1630 g/mol. The normalized spacial score (nSPS) is 12.1. The van der Waals surface area contributed by atoms with Gasteiger partial charge in [0.25, 0.3) is 11.8 Å². The van der Waals surface area contributed by atoms with Crippen LogP contribution in [0.25, 0.3) is 45.8 Å². The number of anilines is 8. The number of rotatable bonds is 24. The molecule has 9 aromatic carbocycles. The van der Waals surface area contributed by atoms with E-state index in [9.17, 15) is 77.3 Å². The molecule has 0 bridgehead atoms. The van der Waals surface area contributed by atoms with Gasteiger partial charge in [0.1, 0.15) is 19.0 Å². The molecule has 4 heterocycles. The molecule has 24 nitrogen and oxygen atoms in total. The highest BCUT2D eigenvalue weighted by Crippen LogP contribution is 2.39. The maximum absolute atomic E-state index is 12.7. The van der Waals surface area contributed by atoms with Gasteiger partial charge in [0.05, 0.1) is 80.5 Å². The van der Waals surface area contributed by atoms with E-state index in [0.717, 1.165) is 60.4 Å². The van der Waals surface area contributed by atoms with Crippen LogP contribution >= 0.6 is 0 Å². The number of para-hydroxylation sites is 4. The van der Waals surface area contributed by atoms with Crippen LogP contribution in [0.2, 0.25) is 0 Å². The van der Waals surface area contributed by atoms with Gasteiger partial charge in [-0.1, -0.05) is 92.7 Å². The first-order valence-corrected chi connectivity index (χ1v) is 35.0. The zero-order valence-corrected chi connectivity index (χ0v) is 61.9. The number of aromatic nitrogens is 8. The Morgan fingerprint density at radius 1 is 0.410 bits per heavy atom. The minimum atomic E-state index is -4.41. The lowest BCUT2D eigenvalue weighted by Gasteiger charge is -2.12. The molecule has 6 N–H and O–H groups in total. The van der Waals surface area contributed by atoms with Gasteiger partial charge in [0.2, 0.25) is 42.0 Å². The molecule has 0 fully saturated rings. The Morgan fingerprint density at radius 2 is 0.726 bits per heavy atom. The largest absolute Gasteiger partial charge is 0.452 e. The standard InChI is InChI=1S/C20H18F3N3O3.C19H16F3N3O4.C18H16F3N3O2.C15H10F3N3O.C9H10O2/c1-3-17(28-12(2)27)19-26-25-18(29-19)15-6-4-5-7-16(15)24-14-10-8-13(9-11-14)20(21,22)23;1-11(27)28-16(10-26)18-25-24-17(29-18)14-4-2-3-5-15(14)23-13-8-6-12(7-9-13)19(20,21)22;1-2-15(25)17-24-23-16(26-17)13-5-3-4-6-14(13)22-12-9-7-11(8-10-12)18(19,20)21;16-15(17,18)10-5-7-11(8-6-10)20-13-4-2-1-3-12(13)14-21-19-9-22-14;10-6-7-11-8-9-4-2-1-3-5-9/h4-11,17,24H,3H2,1-2H3;2-9,16,23,26H,10H2,1H3;3-10,15,22,25H,2H2,1H3;1-9,20H;1-6H,7-8H2. The molecule has 3 atom stereocenters. The van der Waals surface area contributed by atoms with Crippen molar-refractivity contribution in [2.24, 2.45) is 0 Å². The summed E-state index contributed by atoms with van der Waals surface area (Å²) in [5, 5.41) is 62.2. The number of nitrogens with one attached hydrogen (secondary N) is 4. The fourth-order valence-electron chi connectivity index (χ4n) is 10.3. The summed E-state index contributed by atoms with van der Waals surface area (Å²) in [4.78, 5) is 32.2. The van der Waals surface area contributed by atoms with Gasteiger partial charge < -0.3 is 68.2 Å². The molecule has 36 heteroatoms. The maximum atomic E-state index is 12.7. The van der Waals surface area contributed by atoms with Gasteiger partial charge >= 0.3 is 36.6 Å². The van der Waals surface area contributed by atoms with Crippen LogP contribution in [0, 0.1) is 0 Å². The Labute approximate surface area is 657 Å². The van der Waals surface area contributed by atoms with Gasteiger partial charge in [-0.2, -0.15) is 52.7 Å². The topological polar surface area (TPSA) is 323 Å². The molecule has 0 aliphatic heterocycles. The molecule has 0 saturated carbocycles. The SMILES string of the molecule is CC(=O)OC(CO)c1nnc(-c2ccccc2Nc2ccc(C(F)(F)F)cc2)o1.CCC(O)c1nnc(-c2ccccc2Nc2ccc(C(F)(F)F)cc2)o1.CCC(OC(C)=O)c1nnc(-c2ccccc2Nc2ccc(C(F)(F)F)cc2)o1.FC(F)(F)c1ccc(Nc2ccccc2-c2nnco2)cc1.O=CCOCc1ccccc1.